The minimum Gasteiger partial charge on any atom is -0.490 e. The third-order valence-electron chi connectivity index (χ3n) is 4.76. The summed E-state index contributed by atoms with van der Waals surface area (Å²) >= 11 is 0. The molecular formula is C26H24F3N3O5. The van der Waals surface area contributed by atoms with Crippen LogP contribution in [0.1, 0.15) is 11.3 Å². The fraction of sp³-hybridized carbons (Fsp3) is 0.192. The first-order valence-corrected chi connectivity index (χ1v) is 11.1. The van der Waals surface area contributed by atoms with Gasteiger partial charge >= 0.3 is 12.1 Å². The van der Waals surface area contributed by atoms with Gasteiger partial charge in [0.15, 0.2) is 0 Å². The van der Waals surface area contributed by atoms with Gasteiger partial charge in [-0.05, 0) is 48.7 Å². The van der Waals surface area contributed by atoms with E-state index in [1.165, 1.54) is 5.56 Å². The molecule has 0 radical (unpaired) electrons. The van der Waals surface area contributed by atoms with Crippen molar-refractivity contribution in [1.29, 1.82) is 0 Å². The van der Waals surface area contributed by atoms with Gasteiger partial charge in [-0.25, -0.2) is 9.78 Å². The quantitative estimate of drug-likeness (QED) is 0.292. The van der Waals surface area contributed by atoms with E-state index in [1.807, 2.05) is 60.7 Å². The number of nitrogens with zero attached hydrogens (tertiary/aromatic N) is 2. The number of anilines is 1. The molecule has 0 unspecified atom stereocenters. The van der Waals surface area contributed by atoms with Crippen molar-refractivity contribution in [2.45, 2.75) is 19.0 Å². The van der Waals surface area contributed by atoms with E-state index in [0.29, 0.717) is 19.1 Å². The zero-order valence-electron chi connectivity index (χ0n) is 19.5. The summed E-state index contributed by atoms with van der Waals surface area (Å²) in [4.78, 5) is 17.4. The molecule has 0 bridgehead atoms. The summed E-state index contributed by atoms with van der Waals surface area (Å²) in [5.74, 6) is -0.431. The van der Waals surface area contributed by atoms with E-state index in [-0.39, 0.29) is 5.95 Å². The van der Waals surface area contributed by atoms with E-state index >= 15 is 0 Å². The van der Waals surface area contributed by atoms with Crippen molar-refractivity contribution in [3.63, 3.8) is 0 Å². The van der Waals surface area contributed by atoms with Gasteiger partial charge in [0.05, 0.1) is 12.0 Å². The third-order valence-corrected chi connectivity index (χ3v) is 4.76. The molecule has 4 aromatic rings. The second-order valence-corrected chi connectivity index (χ2v) is 7.55. The fourth-order valence-corrected chi connectivity index (χ4v) is 3.11. The van der Waals surface area contributed by atoms with Crippen molar-refractivity contribution in [2.75, 3.05) is 18.9 Å². The Kier molecular flexibility index (Phi) is 9.48. The average molecular weight is 515 g/mol. The van der Waals surface area contributed by atoms with Crippen LogP contribution < -0.4 is 15.2 Å². The van der Waals surface area contributed by atoms with Gasteiger partial charge in [-0.3, -0.25) is 0 Å². The Morgan fingerprint density at radius 2 is 1.65 bits per heavy atom. The number of nitrogen functional groups attached to an aromatic ring is 1. The minimum absolute atomic E-state index is 0.204. The van der Waals surface area contributed by atoms with Crippen LogP contribution >= 0.6 is 0 Å². The number of aliphatic carboxylic acids is 1. The molecule has 0 spiro atoms. The molecule has 0 saturated heterocycles. The zero-order chi connectivity index (χ0) is 26.7. The maximum Gasteiger partial charge on any atom is 0.490 e. The second kappa shape index (κ2) is 13.0. The highest BCUT2D eigenvalue weighted by Crippen LogP contribution is 2.22. The number of para-hydroxylation sites is 1. The normalized spacial score (nSPS) is 10.8. The first-order chi connectivity index (χ1) is 17.7. The number of carboxylic acids is 1. The van der Waals surface area contributed by atoms with Crippen molar-refractivity contribution in [3.05, 3.63) is 90.3 Å². The molecule has 0 aliphatic heterocycles. The van der Waals surface area contributed by atoms with Crippen molar-refractivity contribution in [2.24, 2.45) is 0 Å². The molecule has 3 N–H and O–H groups in total. The summed E-state index contributed by atoms with van der Waals surface area (Å²) in [5, 5.41) is 7.12. The lowest BCUT2D eigenvalue weighted by molar-refractivity contribution is -0.192. The highest BCUT2D eigenvalue weighted by atomic mass is 19.4. The average Bonchev–Trinajstić information content (AvgIpc) is 3.41. The number of carboxylic acid groups (broad SMARTS) is 1. The SMILES string of the molecule is Nc1nc(CCc2cccc(-c3ccco3)c2)cc(OCCOc2ccccc2)n1.O=C(O)C(F)(F)F. The molecule has 194 valence electrons. The number of aryl methyl sites for hydroxylation is 2. The lowest BCUT2D eigenvalue weighted by Gasteiger charge is -2.09. The smallest absolute Gasteiger partial charge is 0.490 e. The predicted molar refractivity (Wildman–Crippen MR) is 129 cm³/mol. The van der Waals surface area contributed by atoms with Crippen molar-refractivity contribution in [3.8, 4) is 23.0 Å². The number of halogens is 3. The molecule has 0 saturated carbocycles. The van der Waals surface area contributed by atoms with Crippen molar-refractivity contribution >= 4 is 11.9 Å². The third kappa shape index (κ3) is 9.21. The number of carbonyl (C=O) groups is 1. The molecule has 2 aromatic carbocycles. The number of benzene rings is 2. The number of rotatable bonds is 9. The molecule has 2 heterocycles. The van der Waals surface area contributed by atoms with E-state index in [0.717, 1.165) is 35.6 Å². The van der Waals surface area contributed by atoms with E-state index in [1.54, 1.807) is 6.26 Å². The molecule has 2 aromatic heterocycles. The number of ether oxygens (including phenoxy) is 2. The monoisotopic (exact) mass is 515 g/mol. The van der Waals surface area contributed by atoms with Crippen LogP contribution in [0.3, 0.4) is 0 Å². The topological polar surface area (TPSA) is 121 Å². The van der Waals surface area contributed by atoms with E-state index in [9.17, 15) is 13.2 Å². The summed E-state index contributed by atoms with van der Waals surface area (Å²) in [5.41, 5.74) is 8.96. The van der Waals surface area contributed by atoms with Gasteiger partial charge in [-0.2, -0.15) is 18.2 Å². The highest BCUT2D eigenvalue weighted by molar-refractivity contribution is 5.73. The van der Waals surface area contributed by atoms with Gasteiger partial charge < -0.3 is 24.7 Å². The number of aromatic nitrogens is 2. The summed E-state index contributed by atoms with van der Waals surface area (Å²) in [6.45, 7) is 0.790. The molecule has 37 heavy (non-hydrogen) atoms. The van der Waals surface area contributed by atoms with Crippen LogP contribution in [0, 0.1) is 0 Å². The van der Waals surface area contributed by atoms with Gasteiger partial charge in [0.25, 0.3) is 0 Å². The van der Waals surface area contributed by atoms with Crippen LogP contribution in [-0.2, 0) is 17.6 Å². The summed E-state index contributed by atoms with van der Waals surface area (Å²) in [6, 6.07) is 23.6. The molecule has 0 fully saturated rings. The summed E-state index contributed by atoms with van der Waals surface area (Å²) in [7, 11) is 0. The van der Waals surface area contributed by atoms with E-state index in [4.69, 9.17) is 29.5 Å². The van der Waals surface area contributed by atoms with Crippen LogP contribution in [0.25, 0.3) is 11.3 Å². The van der Waals surface area contributed by atoms with Crippen LogP contribution in [0.2, 0.25) is 0 Å². The van der Waals surface area contributed by atoms with Gasteiger partial charge in [-0.1, -0.05) is 36.4 Å². The lowest BCUT2D eigenvalue weighted by atomic mass is 10.0. The van der Waals surface area contributed by atoms with Crippen LogP contribution in [0.5, 0.6) is 11.6 Å². The molecule has 0 atom stereocenters. The Morgan fingerprint density at radius 1 is 0.919 bits per heavy atom. The maximum atomic E-state index is 10.6. The van der Waals surface area contributed by atoms with Crippen molar-refractivity contribution < 1.29 is 37.0 Å². The molecule has 11 heteroatoms. The fourth-order valence-electron chi connectivity index (χ4n) is 3.11. The Bertz CT molecular complexity index is 1270. The van der Waals surface area contributed by atoms with Crippen molar-refractivity contribution in [1.82, 2.24) is 9.97 Å². The lowest BCUT2D eigenvalue weighted by Crippen LogP contribution is -2.21. The first kappa shape index (κ1) is 27.1. The Hall–Kier alpha value is -4.54. The van der Waals surface area contributed by atoms with Crippen LogP contribution in [0.4, 0.5) is 19.1 Å². The highest BCUT2D eigenvalue weighted by Gasteiger charge is 2.38. The van der Waals surface area contributed by atoms with Gasteiger partial charge in [0.2, 0.25) is 11.8 Å². The van der Waals surface area contributed by atoms with Gasteiger partial charge in [-0.15, -0.1) is 0 Å². The molecular weight excluding hydrogens is 491 g/mol. The number of hydrogen-bond donors (Lipinski definition) is 2. The van der Waals surface area contributed by atoms with Crippen LogP contribution in [0.15, 0.2) is 83.5 Å². The summed E-state index contributed by atoms with van der Waals surface area (Å²) < 4.78 is 48.5. The van der Waals surface area contributed by atoms with Gasteiger partial charge in [0.1, 0.15) is 24.7 Å². The number of nitrogens with two attached hydrogens (primary N) is 1. The molecule has 0 aliphatic rings. The predicted octanol–water partition coefficient (Wildman–Crippen LogP) is 5.20. The number of alkyl halides is 3. The second-order valence-electron chi connectivity index (χ2n) is 7.55. The summed E-state index contributed by atoms with van der Waals surface area (Å²) in [6.07, 6.45) is -1.86. The first-order valence-electron chi connectivity index (χ1n) is 11.1. The molecule has 0 amide bonds. The molecule has 4 rings (SSSR count). The van der Waals surface area contributed by atoms with E-state index < -0.39 is 12.1 Å². The molecule has 0 aliphatic carbocycles. The minimum atomic E-state index is -5.08. The number of furan rings is 1. The number of hydrogen-bond acceptors (Lipinski definition) is 7. The Balaban J connectivity index is 0.000000479. The molecule has 8 nitrogen and oxygen atoms in total. The van der Waals surface area contributed by atoms with E-state index in [2.05, 4.69) is 22.1 Å². The maximum absolute atomic E-state index is 10.6. The Morgan fingerprint density at radius 3 is 2.32 bits per heavy atom. The zero-order valence-corrected chi connectivity index (χ0v) is 19.5. The standard InChI is InChI=1S/C24H23N3O3.C2HF3O2/c25-24-26-20(12-11-18-6-4-7-19(16-18)22-10-5-13-29-22)17-23(27-24)30-15-14-28-21-8-2-1-3-9-21;3-2(4,5)1(6)7/h1-10,13,16-17H,11-12,14-15H2,(H2,25,26,27);(H,6,7). The largest absolute Gasteiger partial charge is 0.490 e. The van der Waals surface area contributed by atoms with Crippen LogP contribution in [-0.4, -0.2) is 40.4 Å². The van der Waals surface area contributed by atoms with Gasteiger partial charge in [0, 0.05) is 11.6 Å². The Labute approximate surface area is 210 Å².